The monoisotopic (exact) mass is 239 g/mol. The van der Waals surface area contributed by atoms with Crippen LogP contribution in [0.3, 0.4) is 0 Å². The average molecular weight is 240 g/mol. The molecule has 1 aromatic carbocycles. The average Bonchev–Trinajstić information content (AvgIpc) is 2.53. The van der Waals surface area contributed by atoms with Gasteiger partial charge in [-0.1, -0.05) is 17.2 Å². The fourth-order valence-corrected chi connectivity index (χ4v) is 1.41. The van der Waals surface area contributed by atoms with Gasteiger partial charge in [0, 0.05) is 4.47 Å². The SMILES string of the molecule is [O]c1nnc(-c2ccccc2Br)o1. The summed E-state index contributed by atoms with van der Waals surface area (Å²) in [7, 11) is 0. The van der Waals surface area contributed by atoms with Gasteiger partial charge in [-0.3, -0.25) is 0 Å². The number of halogens is 1. The van der Waals surface area contributed by atoms with Crippen molar-refractivity contribution in [3.63, 3.8) is 0 Å². The molecular weight excluding hydrogens is 236 g/mol. The fourth-order valence-electron chi connectivity index (χ4n) is 0.953. The Bertz CT molecular complexity index is 428. The van der Waals surface area contributed by atoms with Crippen LogP contribution in [0.1, 0.15) is 0 Å². The second-order valence-electron chi connectivity index (χ2n) is 2.35. The molecule has 0 amide bonds. The lowest BCUT2D eigenvalue weighted by Crippen LogP contribution is -1.78. The Morgan fingerprint density at radius 2 is 2.00 bits per heavy atom. The lowest BCUT2D eigenvalue weighted by molar-refractivity contribution is 0.239. The summed E-state index contributed by atoms with van der Waals surface area (Å²) in [5.41, 5.74) is 0.720. The standard InChI is InChI=1S/C8H4BrN2O2/c9-6-4-2-1-3-5(6)7-10-11-8(12)13-7/h1-4H. The number of aromatic nitrogens is 2. The molecule has 13 heavy (non-hydrogen) atoms. The van der Waals surface area contributed by atoms with Crippen molar-refractivity contribution in [1.82, 2.24) is 10.2 Å². The van der Waals surface area contributed by atoms with Gasteiger partial charge in [0.15, 0.2) is 0 Å². The minimum absolute atomic E-state index is 0.234. The molecule has 2 aromatic rings. The van der Waals surface area contributed by atoms with Crippen molar-refractivity contribution in [3.05, 3.63) is 28.7 Å². The maximum atomic E-state index is 10.6. The predicted octanol–water partition coefficient (Wildman–Crippen LogP) is 2.64. The minimum Gasteiger partial charge on any atom is -0.386 e. The molecular formula is C8H4BrN2O2. The predicted molar refractivity (Wildman–Crippen MR) is 47.6 cm³/mol. The molecule has 1 heterocycles. The number of nitrogens with zero attached hydrogens (tertiary/aromatic N) is 2. The molecule has 0 saturated heterocycles. The van der Waals surface area contributed by atoms with E-state index >= 15 is 0 Å². The van der Waals surface area contributed by atoms with Gasteiger partial charge in [0.05, 0.1) is 5.56 Å². The molecule has 0 N–H and O–H groups in total. The van der Waals surface area contributed by atoms with E-state index in [9.17, 15) is 5.11 Å². The third-order valence-electron chi connectivity index (χ3n) is 1.51. The number of rotatable bonds is 1. The van der Waals surface area contributed by atoms with E-state index in [1.54, 1.807) is 6.07 Å². The maximum Gasteiger partial charge on any atom is 0.459 e. The van der Waals surface area contributed by atoms with E-state index in [0.717, 1.165) is 10.0 Å². The third-order valence-corrected chi connectivity index (χ3v) is 2.20. The van der Waals surface area contributed by atoms with Crippen molar-refractivity contribution in [2.45, 2.75) is 0 Å². The minimum atomic E-state index is -0.675. The highest BCUT2D eigenvalue weighted by Gasteiger charge is 2.10. The first-order valence-corrected chi connectivity index (χ1v) is 4.32. The van der Waals surface area contributed by atoms with Gasteiger partial charge in [-0.05, 0) is 28.1 Å². The third kappa shape index (κ3) is 1.55. The van der Waals surface area contributed by atoms with Crippen molar-refractivity contribution in [1.29, 1.82) is 0 Å². The zero-order valence-electron chi connectivity index (χ0n) is 6.40. The summed E-state index contributed by atoms with van der Waals surface area (Å²) in [5, 5.41) is 17.4. The van der Waals surface area contributed by atoms with Gasteiger partial charge in [-0.2, -0.15) is 0 Å². The van der Waals surface area contributed by atoms with Crippen molar-refractivity contribution in [2.75, 3.05) is 0 Å². The first-order chi connectivity index (χ1) is 6.27. The lowest BCUT2D eigenvalue weighted by Gasteiger charge is -1.95. The van der Waals surface area contributed by atoms with Crippen LogP contribution in [0.25, 0.3) is 11.5 Å². The molecule has 1 aromatic heterocycles. The zero-order chi connectivity index (χ0) is 9.26. The van der Waals surface area contributed by atoms with Gasteiger partial charge in [0.1, 0.15) is 0 Å². The number of benzene rings is 1. The normalized spacial score (nSPS) is 10.2. The van der Waals surface area contributed by atoms with E-state index in [4.69, 9.17) is 4.42 Å². The molecule has 0 atom stereocenters. The van der Waals surface area contributed by atoms with Crippen LogP contribution in [0.2, 0.25) is 0 Å². The van der Waals surface area contributed by atoms with Crippen LogP contribution in [0.15, 0.2) is 33.2 Å². The van der Waals surface area contributed by atoms with E-state index < -0.39 is 6.08 Å². The van der Waals surface area contributed by atoms with Crippen LogP contribution in [0.4, 0.5) is 0 Å². The Balaban J connectivity index is 2.52. The second-order valence-corrected chi connectivity index (χ2v) is 3.21. The van der Waals surface area contributed by atoms with Crippen LogP contribution in [0.5, 0.6) is 6.08 Å². The van der Waals surface area contributed by atoms with Gasteiger partial charge in [0.25, 0.3) is 5.89 Å². The number of hydrogen-bond acceptors (Lipinski definition) is 3. The lowest BCUT2D eigenvalue weighted by atomic mass is 10.2. The van der Waals surface area contributed by atoms with Crippen molar-refractivity contribution in [2.24, 2.45) is 0 Å². The first kappa shape index (κ1) is 8.25. The van der Waals surface area contributed by atoms with Gasteiger partial charge in [-0.25, -0.2) is 5.11 Å². The van der Waals surface area contributed by atoms with Gasteiger partial charge in [-0.15, -0.1) is 5.10 Å². The highest BCUT2D eigenvalue weighted by atomic mass is 79.9. The Kier molecular flexibility index (Phi) is 2.02. The molecule has 2 rings (SSSR count). The smallest absolute Gasteiger partial charge is 0.386 e. The molecule has 0 aliphatic rings. The summed E-state index contributed by atoms with van der Waals surface area (Å²) >= 11 is 3.31. The van der Waals surface area contributed by atoms with E-state index in [1.165, 1.54) is 0 Å². The van der Waals surface area contributed by atoms with Gasteiger partial charge in [0.2, 0.25) is 0 Å². The highest BCUT2D eigenvalue weighted by molar-refractivity contribution is 9.10. The highest BCUT2D eigenvalue weighted by Crippen LogP contribution is 2.27. The quantitative estimate of drug-likeness (QED) is 0.769. The Morgan fingerprint density at radius 1 is 1.23 bits per heavy atom. The summed E-state index contributed by atoms with van der Waals surface area (Å²) < 4.78 is 5.56. The van der Waals surface area contributed by atoms with E-state index in [0.29, 0.717) is 0 Å². The van der Waals surface area contributed by atoms with Crippen LogP contribution < -0.4 is 0 Å². The molecule has 0 saturated carbocycles. The first-order valence-electron chi connectivity index (χ1n) is 3.53. The molecule has 0 unspecified atom stereocenters. The van der Waals surface area contributed by atoms with Crippen LogP contribution in [-0.2, 0) is 5.11 Å². The maximum absolute atomic E-state index is 10.6. The summed E-state index contributed by atoms with van der Waals surface area (Å²) in [6.07, 6.45) is -0.675. The molecule has 65 valence electrons. The number of hydrogen-bond donors (Lipinski definition) is 0. The van der Waals surface area contributed by atoms with E-state index in [-0.39, 0.29) is 5.89 Å². The molecule has 5 heteroatoms. The van der Waals surface area contributed by atoms with Crippen LogP contribution in [-0.4, -0.2) is 10.2 Å². The largest absolute Gasteiger partial charge is 0.459 e. The summed E-state index contributed by atoms with van der Waals surface area (Å²) in [4.78, 5) is 0. The molecule has 4 nitrogen and oxygen atoms in total. The molecule has 1 radical (unpaired) electrons. The van der Waals surface area contributed by atoms with E-state index in [1.807, 2.05) is 18.2 Å². The van der Waals surface area contributed by atoms with E-state index in [2.05, 4.69) is 26.1 Å². The topological polar surface area (TPSA) is 58.8 Å². The summed E-state index contributed by atoms with van der Waals surface area (Å²) in [5.74, 6) is 0.234. The van der Waals surface area contributed by atoms with Crippen molar-refractivity contribution >= 4 is 15.9 Å². The summed E-state index contributed by atoms with van der Waals surface area (Å²) in [6, 6.07) is 7.32. The molecule has 0 bridgehead atoms. The Labute approximate surface area is 82.4 Å². The molecule has 0 aliphatic carbocycles. The van der Waals surface area contributed by atoms with Crippen molar-refractivity contribution in [3.8, 4) is 17.5 Å². The Morgan fingerprint density at radius 3 is 2.62 bits per heavy atom. The van der Waals surface area contributed by atoms with Crippen LogP contribution in [0, 0.1) is 0 Å². The second kappa shape index (κ2) is 3.18. The van der Waals surface area contributed by atoms with Crippen molar-refractivity contribution < 1.29 is 9.52 Å². The molecule has 0 fully saturated rings. The Hall–Kier alpha value is -1.36. The summed E-state index contributed by atoms with van der Waals surface area (Å²) in [6.45, 7) is 0. The molecule has 0 spiro atoms. The fraction of sp³-hybridized carbons (Fsp3) is 0. The van der Waals surface area contributed by atoms with Gasteiger partial charge >= 0.3 is 6.08 Å². The van der Waals surface area contributed by atoms with Gasteiger partial charge < -0.3 is 4.42 Å². The van der Waals surface area contributed by atoms with Crippen LogP contribution >= 0.6 is 15.9 Å². The molecule has 0 aliphatic heterocycles. The zero-order valence-corrected chi connectivity index (χ0v) is 7.98.